The Hall–Kier alpha value is -1.15. The lowest BCUT2D eigenvalue weighted by molar-refractivity contribution is -0.344. The van der Waals surface area contributed by atoms with Crippen molar-refractivity contribution < 1.29 is 40.3 Å². The summed E-state index contributed by atoms with van der Waals surface area (Å²) >= 11 is 0. The van der Waals surface area contributed by atoms with Gasteiger partial charge in [-0.15, -0.1) is 0 Å². The highest BCUT2D eigenvalue weighted by Gasteiger charge is 2.79. The third-order valence-corrected chi connectivity index (χ3v) is 5.88. The van der Waals surface area contributed by atoms with E-state index in [0.717, 1.165) is 0 Å². The zero-order chi connectivity index (χ0) is 18.2. The zero-order valence-corrected chi connectivity index (χ0v) is 12.5. The Morgan fingerprint density at radius 1 is 1.04 bits per heavy atom. The summed E-state index contributed by atoms with van der Waals surface area (Å²) < 4.78 is 90.1. The quantitative estimate of drug-likeness (QED) is 0.570. The maximum Gasteiger partial charge on any atom is 0.460 e. The molecule has 0 spiro atoms. The van der Waals surface area contributed by atoms with Gasteiger partial charge < -0.3 is 0 Å². The second kappa shape index (κ2) is 4.47. The van der Waals surface area contributed by atoms with E-state index >= 15 is 0 Å². The summed E-state index contributed by atoms with van der Waals surface area (Å²) in [5.41, 5.74) is -2.10. The second-order valence-corrected chi connectivity index (χ2v) is 7.05. The van der Waals surface area contributed by atoms with E-state index < -0.39 is 52.3 Å². The van der Waals surface area contributed by atoms with E-state index in [1.807, 2.05) is 0 Å². The largest absolute Gasteiger partial charge is 0.460 e. The van der Waals surface area contributed by atoms with Crippen LogP contribution in [0.2, 0.25) is 0 Å². The number of carbonyl (C=O) groups is 2. The van der Waals surface area contributed by atoms with E-state index in [0.29, 0.717) is 0 Å². The molecular weight excluding hydrogens is 333 g/mol. The Labute approximate surface area is 127 Å². The normalized spacial score (nSPS) is 34.1. The van der Waals surface area contributed by atoms with Crippen molar-refractivity contribution in [1.29, 1.82) is 0 Å². The summed E-state index contributed by atoms with van der Waals surface area (Å²) in [6.45, 7) is 4.51. The summed E-state index contributed by atoms with van der Waals surface area (Å²) in [6.07, 6.45) is -6.15. The molecule has 0 saturated heterocycles. The summed E-state index contributed by atoms with van der Waals surface area (Å²) in [7, 11) is 0. The predicted molar refractivity (Wildman–Crippen MR) is 64.1 cm³/mol. The van der Waals surface area contributed by atoms with Crippen LogP contribution in [0, 0.1) is 22.7 Å². The molecule has 2 aliphatic carbocycles. The average molecular weight is 348 g/mol. The van der Waals surface area contributed by atoms with E-state index in [2.05, 4.69) is 0 Å². The van der Waals surface area contributed by atoms with Crippen molar-refractivity contribution in [3.05, 3.63) is 0 Å². The van der Waals surface area contributed by atoms with Crippen LogP contribution in [0.5, 0.6) is 0 Å². The van der Waals surface area contributed by atoms with Crippen LogP contribution in [-0.4, -0.2) is 29.6 Å². The van der Waals surface area contributed by atoms with Gasteiger partial charge in [-0.1, -0.05) is 20.8 Å². The first-order valence-corrected chi connectivity index (χ1v) is 6.94. The second-order valence-electron chi connectivity index (χ2n) is 7.05. The molecule has 0 aromatic heterocycles. The van der Waals surface area contributed by atoms with Gasteiger partial charge in [0.25, 0.3) is 0 Å². The number of fused-ring (bicyclic) bond motifs is 2. The highest BCUT2D eigenvalue weighted by Crippen LogP contribution is 2.66. The molecule has 2 bridgehead atoms. The molecule has 3 atom stereocenters. The van der Waals surface area contributed by atoms with Gasteiger partial charge in [-0.3, -0.25) is 9.59 Å². The van der Waals surface area contributed by atoms with Crippen LogP contribution in [-0.2, 0) is 9.59 Å². The van der Waals surface area contributed by atoms with E-state index in [-0.39, 0.29) is 12.8 Å². The molecular formula is C14H15F7O2. The summed E-state index contributed by atoms with van der Waals surface area (Å²) in [5, 5.41) is 0. The first kappa shape index (κ1) is 18.2. The first-order valence-electron chi connectivity index (χ1n) is 6.94. The molecule has 0 N–H and O–H groups in total. The highest BCUT2D eigenvalue weighted by molar-refractivity contribution is 6.10. The Bertz CT molecular complexity index is 564. The standard InChI is InChI=1S/C14H15F7O2/c1-10(2)6-4-5-11(10,3)8(22)7(6)9(23)12(15,16)13(17,18)14(19,20)21/h6-7H,4-5H2,1-3H3/t6-,7?,11+/m1/s1. The van der Waals surface area contributed by atoms with Crippen molar-refractivity contribution in [3.63, 3.8) is 0 Å². The molecule has 0 aliphatic heterocycles. The van der Waals surface area contributed by atoms with Gasteiger partial charge in [0.1, 0.15) is 5.78 Å². The summed E-state index contributed by atoms with van der Waals surface area (Å²) in [6, 6.07) is 0. The maximum atomic E-state index is 13.6. The van der Waals surface area contributed by atoms with E-state index in [9.17, 15) is 40.3 Å². The number of hydrogen-bond donors (Lipinski definition) is 0. The molecule has 2 fully saturated rings. The zero-order valence-electron chi connectivity index (χ0n) is 12.5. The molecule has 9 heteroatoms. The first-order chi connectivity index (χ1) is 10.0. The number of alkyl halides is 7. The molecule has 2 aliphatic rings. The third kappa shape index (κ3) is 1.94. The molecule has 0 amide bonds. The van der Waals surface area contributed by atoms with Crippen LogP contribution >= 0.6 is 0 Å². The summed E-state index contributed by atoms with van der Waals surface area (Å²) in [4.78, 5) is 24.1. The van der Waals surface area contributed by atoms with E-state index in [4.69, 9.17) is 0 Å². The smallest absolute Gasteiger partial charge is 0.298 e. The number of Topliss-reactive ketones (excluding diaryl/α,β-unsaturated/α-hetero) is 2. The lowest BCUT2D eigenvalue weighted by Crippen LogP contribution is -2.59. The fourth-order valence-electron chi connectivity index (χ4n) is 3.92. The van der Waals surface area contributed by atoms with Crippen molar-refractivity contribution >= 4 is 11.6 Å². The molecule has 2 rings (SSSR count). The molecule has 0 heterocycles. The van der Waals surface area contributed by atoms with Gasteiger partial charge in [0.2, 0.25) is 5.78 Å². The lowest BCUT2D eigenvalue weighted by atomic mass is 9.70. The number of halogens is 7. The minimum absolute atomic E-state index is 0.152. The topological polar surface area (TPSA) is 34.1 Å². The van der Waals surface area contributed by atoms with Gasteiger partial charge in [0.15, 0.2) is 0 Å². The molecule has 0 radical (unpaired) electrons. The van der Waals surface area contributed by atoms with Crippen molar-refractivity contribution in [2.24, 2.45) is 22.7 Å². The predicted octanol–water partition coefficient (Wildman–Crippen LogP) is 4.03. The Morgan fingerprint density at radius 3 is 1.87 bits per heavy atom. The van der Waals surface area contributed by atoms with Crippen LogP contribution in [0.15, 0.2) is 0 Å². The van der Waals surface area contributed by atoms with Crippen LogP contribution in [0.3, 0.4) is 0 Å². The van der Waals surface area contributed by atoms with Crippen molar-refractivity contribution in [3.8, 4) is 0 Å². The number of ketones is 2. The average Bonchev–Trinajstić information content (AvgIpc) is 2.68. The molecule has 2 saturated carbocycles. The number of rotatable bonds is 3. The fraction of sp³-hybridized carbons (Fsp3) is 0.857. The van der Waals surface area contributed by atoms with Gasteiger partial charge in [0.05, 0.1) is 5.92 Å². The Kier molecular flexibility index (Phi) is 3.54. The summed E-state index contributed by atoms with van der Waals surface area (Å²) in [5.74, 6) is -19.2. The highest BCUT2D eigenvalue weighted by atomic mass is 19.4. The van der Waals surface area contributed by atoms with Gasteiger partial charge >= 0.3 is 18.0 Å². The molecule has 132 valence electrons. The van der Waals surface area contributed by atoms with Crippen LogP contribution in [0.1, 0.15) is 33.6 Å². The van der Waals surface area contributed by atoms with E-state index in [1.165, 1.54) is 20.8 Å². The molecule has 0 aromatic rings. The fourth-order valence-corrected chi connectivity index (χ4v) is 3.92. The van der Waals surface area contributed by atoms with Crippen LogP contribution in [0.4, 0.5) is 30.7 Å². The maximum absolute atomic E-state index is 13.6. The van der Waals surface area contributed by atoms with Crippen molar-refractivity contribution in [1.82, 2.24) is 0 Å². The molecule has 1 unspecified atom stereocenters. The van der Waals surface area contributed by atoms with Gasteiger partial charge in [-0.2, -0.15) is 30.7 Å². The lowest BCUT2D eigenvalue weighted by Gasteiger charge is -2.32. The minimum Gasteiger partial charge on any atom is -0.298 e. The van der Waals surface area contributed by atoms with Gasteiger partial charge in [-0.25, -0.2) is 0 Å². The molecule has 23 heavy (non-hydrogen) atoms. The third-order valence-electron chi connectivity index (χ3n) is 5.88. The van der Waals surface area contributed by atoms with Crippen molar-refractivity contribution in [2.45, 2.75) is 51.6 Å². The molecule has 2 nitrogen and oxygen atoms in total. The number of carbonyl (C=O) groups excluding carboxylic acids is 2. The SMILES string of the molecule is CC1(C)[C@@H]2CC[C@@]1(C)C(=O)C2C(=O)C(F)(F)C(F)(F)C(F)(F)F. The van der Waals surface area contributed by atoms with Crippen molar-refractivity contribution in [2.75, 3.05) is 0 Å². The Morgan fingerprint density at radius 2 is 1.52 bits per heavy atom. The van der Waals surface area contributed by atoms with Crippen LogP contribution < -0.4 is 0 Å². The van der Waals surface area contributed by atoms with Gasteiger partial charge in [0, 0.05) is 5.41 Å². The monoisotopic (exact) mass is 348 g/mol. The Balaban J connectivity index is 2.45. The van der Waals surface area contributed by atoms with Crippen LogP contribution in [0.25, 0.3) is 0 Å². The minimum atomic E-state index is -6.59. The number of hydrogen-bond acceptors (Lipinski definition) is 2. The van der Waals surface area contributed by atoms with E-state index in [1.54, 1.807) is 0 Å². The molecule has 0 aromatic carbocycles. The van der Waals surface area contributed by atoms with Gasteiger partial charge in [-0.05, 0) is 24.2 Å².